The molecule has 642 valence electrons. The summed E-state index contributed by atoms with van der Waals surface area (Å²) in [6, 6.07) is 61.2. The smallest absolute Gasteiger partial charge is 0.343 e. The van der Waals surface area contributed by atoms with Crippen LogP contribution in [-0.2, 0) is 33.3 Å². The quantitative estimate of drug-likeness (QED) is 0.0195. The van der Waals surface area contributed by atoms with Gasteiger partial charge in [0, 0.05) is 12.0 Å². The van der Waals surface area contributed by atoms with E-state index in [1.807, 2.05) is 64.1 Å². The number of unbranched alkanes of at least 4 members (excludes halogenated alkanes) is 6. The molecule has 0 aromatic heterocycles. The summed E-state index contributed by atoms with van der Waals surface area (Å²) in [5, 5.41) is 0. The molecule has 0 N–H and O–H groups in total. The van der Waals surface area contributed by atoms with Crippen molar-refractivity contribution in [2.24, 2.45) is 22.7 Å². The number of rotatable bonds is 45. The fraction of sp³-hybridized carbons (Fsp3) is 0.378. The zero-order valence-corrected chi connectivity index (χ0v) is 70.5. The number of carbonyl (C=O) groups excluding carboxylic acids is 7. The molecule has 23 heteroatoms. The maximum absolute atomic E-state index is 12.6. The lowest BCUT2D eigenvalue weighted by Crippen LogP contribution is -2.46. The Morgan fingerprint density at radius 2 is 0.562 bits per heavy atom. The van der Waals surface area contributed by atoms with Gasteiger partial charge in [-0.25, -0.2) is 24.0 Å². The summed E-state index contributed by atoms with van der Waals surface area (Å²) in [6.07, 6.45) is 12.6. The van der Waals surface area contributed by atoms with Gasteiger partial charge in [0.2, 0.25) is 0 Å². The molecule has 0 saturated carbocycles. The zero-order chi connectivity index (χ0) is 86.0. The Morgan fingerprint density at radius 1 is 0.298 bits per heavy atom. The van der Waals surface area contributed by atoms with Gasteiger partial charge in [0.05, 0.1) is 105 Å². The van der Waals surface area contributed by atoms with Crippen molar-refractivity contribution in [1.82, 2.24) is 0 Å². The summed E-state index contributed by atoms with van der Waals surface area (Å²) in [6.45, 7) is 21.1. The van der Waals surface area contributed by atoms with Crippen LogP contribution < -0.4 is 52.1 Å². The Labute approximate surface area is 709 Å². The van der Waals surface area contributed by atoms with E-state index in [2.05, 4.69) is 20.8 Å². The average Bonchev–Trinajstić information content (AvgIpc) is 0.875. The van der Waals surface area contributed by atoms with Gasteiger partial charge in [0.1, 0.15) is 89.7 Å². The standard InChI is InChI=1S/C38H48O8.C33H36O9.C27H28O6/c1-3-5-6-7-8-9-25-43-33-20-22-35(23-21-33)46-37(40)31-14-18-34(19-15-31)45-36(39)30-12-16-32(17-13-30)44-26-11-10-24-41-27-38(4-2)28-42-29-38;1-4-23(3)30(34)39-19-18-38-26-10-6-24(7-11-26)31(35)41-28-14-16-29(17-15-28)42-32(36)25-8-12-27(13-9-25)40-22-33(5-2)20-37-21-33;1-4-19(2)26(28)32-18-17-31-24-13-9-22(10-14-24)27(29)33-25-15-7-21(8-16-25)20-5-11-23(30-3)12-6-20/h12-23H,3-11,24-29H2,1-2H3;6-17,23H,4-5,18-22H2,1-3H3;5-16,19H,4,17-18H2,1-3H3. The number of hydrogen-bond donors (Lipinski definition) is 0. The van der Waals surface area contributed by atoms with E-state index in [0.29, 0.717) is 119 Å². The van der Waals surface area contributed by atoms with Crippen LogP contribution in [0.1, 0.15) is 177 Å². The summed E-state index contributed by atoms with van der Waals surface area (Å²) in [4.78, 5) is 86.2. The van der Waals surface area contributed by atoms with Gasteiger partial charge < -0.3 is 75.8 Å². The minimum Gasteiger partial charge on any atom is -0.497 e. The molecule has 0 aliphatic carbocycles. The highest BCUT2D eigenvalue weighted by Gasteiger charge is 2.38. The van der Waals surface area contributed by atoms with Crippen molar-refractivity contribution in [3.05, 3.63) is 246 Å². The monoisotopic (exact) mass is 1660 g/mol. The lowest BCUT2D eigenvalue weighted by Gasteiger charge is -2.40. The molecule has 2 fully saturated rings. The molecule has 0 spiro atoms. The van der Waals surface area contributed by atoms with Crippen LogP contribution in [0.25, 0.3) is 11.1 Å². The van der Waals surface area contributed by atoms with Crippen molar-refractivity contribution in [2.75, 3.05) is 93.0 Å². The van der Waals surface area contributed by atoms with Crippen LogP contribution in [0.4, 0.5) is 0 Å². The topological polar surface area (TPSA) is 267 Å². The van der Waals surface area contributed by atoms with Gasteiger partial charge in [-0.2, -0.15) is 0 Å². The number of carbonyl (C=O) groups is 7. The summed E-state index contributed by atoms with van der Waals surface area (Å²) < 4.78 is 87.9. The second-order valence-electron chi connectivity index (χ2n) is 29.6. The Bertz CT molecular complexity index is 4610. The first kappa shape index (κ1) is 92.8. The van der Waals surface area contributed by atoms with Crippen molar-refractivity contribution >= 4 is 41.8 Å². The van der Waals surface area contributed by atoms with E-state index in [1.165, 1.54) is 32.1 Å². The fourth-order valence-corrected chi connectivity index (χ4v) is 11.8. The Balaban J connectivity index is 0.000000209. The van der Waals surface area contributed by atoms with Crippen LogP contribution in [0.15, 0.2) is 218 Å². The summed E-state index contributed by atoms with van der Waals surface area (Å²) in [5.74, 6) is 2.59. The van der Waals surface area contributed by atoms with E-state index < -0.39 is 29.8 Å². The second-order valence-corrected chi connectivity index (χ2v) is 29.6. The van der Waals surface area contributed by atoms with Crippen LogP contribution in [0.3, 0.4) is 0 Å². The third-order valence-corrected chi connectivity index (χ3v) is 20.5. The van der Waals surface area contributed by atoms with E-state index >= 15 is 0 Å². The fourth-order valence-electron chi connectivity index (χ4n) is 11.8. The summed E-state index contributed by atoms with van der Waals surface area (Å²) in [5.41, 5.74) is 4.20. The normalized spacial score (nSPS) is 13.1. The first-order chi connectivity index (χ1) is 58.8. The Morgan fingerprint density at radius 3 is 0.876 bits per heavy atom. The molecular weight excluding hydrogens is 1550 g/mol. The van der Waals surface area contributed by atoms with Crippen molar-refractivity contribution in [2.45, 2.75) is 126 Å². The number of methoxy groups -OCH3 is 1. The predicted octanol–water partition coefficient (Wildman–Crippen LogP) is 19.9. The molecule has 0 radical (unpaired) electrons. The second kappa shape index (κ2) is 49.5. The van der Waals surface area contributed by atoms with Crippen molar-refractivity contribution in [1.29, 1.82) is 0 Å². The molecule has 121 heavy (non-hydrogen) atoms. The molecule has 11 rings (SSSR count). The highest BCUT2D eigenvalue weighted by molar-refractivity contribution is 5.94. The van der Waals surface area contributed by atoms with Gasteiger partial charge in [0.25, 0.3) is 0 Å². The molecule has 23 nitrogen and oxygen atoms in total. The van der Waals surface area contributed by atoms with E-state index in [9.17, 15) is 33.6 Å². The molecular formula is C98H112O23. The van der Waals surface area contributed by atoms with Crippen molar-refractivity contribution in [3.8, 4) is 74.4 Å². The van der Waals surface area contributed by atoms with Gasteiger partial charge in [-0.3, -0.25) is 9.59 Å². The van der Waals surface area contributed by atoms with Gasteiger partial charge in [-0.1, -0.05) is 105 Å². The third-order valence-electron chi connectivity index (χ3n) is 20.5. The molecule has 9 aromatic carbocycles. The predicted molar refractivity (Wildman–Crippen MR) is 457 cm³/mol. The molecule has 2 aliphatic rings. The zero-order valence-electron chi connectivity index (χ0n) is 70.5. The van der Waals surface area contributed by atoms with E-state index in [-0.39, 0.29) is 61.0 Å². The largest absolute Gasteiger partial charge is 0.497 e. The number of hydrogen-bond acceptors (Lipinski definition) is 23. The minimum atomic E-state index is -0.550. The molecule has 2 aliphatic heterocycles. The Hall–Kier alpha value is -12.1. The molecule has 9 aromatic rings. The highest BCUT2D eigenvalue weighted by Crippen LogP contribution is 2.34. The molecule has 2 unspecified atom stereocenters. The number of ether oxygens (including phenoxy) is 16. The molecule has 2 heterocycles. The van der Waals surface area contributed by atoms with Crippen LogP contribution in [-0.4, -0.2) is 135 Å². The lowest BCUT2D eigenvalue weighted by molar-refractivity contribution is -0.150. The van der Waals surface area contributed by atoms with Crippen LogP contribution in [0, 0.1) is 22.7 Å². The first-order valence-corrected chi connectivity index (χ1v) is 41.6. The molecule has 2 atom stereocenters. The molecule has 2 saturated heterocycles. The van der Waals surface area contributed by atoms with Gasteiger partial charge in [0.15, 0.2) is 0 Å². The van der Waals surface area contributed by atoms with Crippen molar-refractivity contribution < 1.29 is 109 Å². The van der Waals surface area contributed by atoms with Gasteiger partial charge in [-0.05, 0) is 250 Å². The average molecular weight is 1660 g/mol. The van der Waals surface area contributed by atoms with E-state index in [0.717, 1.165) is 87.4 Å². The highest BCUT2D eigenvalue weighted by atomic mass is 16.6. The number of esters is 7. The molecule has 0 amide bonds. The lowest BCUT2D eigenvalue weighted by atomic mass is 9.84. The maximum Gasteiger partial charge on any atom is 0.343 e. The van der Waals surface area contributed by atoms with Crippen molar-refractivity contribution in [3.63, 3.8) is 0 Å². The SMILES string of the molecule is CCC(C)C(=O)OCCOc1ccc(C(=O)Oc2ccc(-c3ccc(OC)cc3)cc2)cc1.CCC(C)C(=O)OCCOc1ccc(C(=O)Oc2ccc(OC(=O)c3ccc(OCC4(CC)COC4)cc3)cc2)cc1.CCCCCCCCOc1ccc(OC(=O)c2ccc(OC(=O)c3ccc(OCCCCOCC4(CC)COC4)cc3)cc2)cc1. The van der Waals surface area contributed by atoms with E-state index in [1.54, 1.807) is 189 Å². The minimum absolute atomic E-state index is 0.0738. The third kappa shape index (κ3) is 30.9. The Kier molecular flexibility index (Phi) is 38.0. The number of benzene rings is 9. The summed E-state index contributed by atoms with van der Waals surface area (Å²) >= 11 is 0. The van der Waals surface area contributed by atoms with Gasteiger partial charge >= 0.3 is 41.8 Å². The van der Waals surface area contributed by atoms with Crippen LogP contribution in [0.2, 0.25) is 0 Å². The first-order valence-electron chi connectivity index (χ1n) is 41.6. The van der Waals surface area contributed by atoms with Gasteiger partial charge in [-0.15, -0.1) is 0 Å². The summed E-state index contributed by atoms with van der Waals surface area (Å²) in [7, 11) is 1.63. The van der Waals surface area contributed by atoms with E-state index in [4.69, 9.17) is 75.8 Å². The molecule has 0 bridgehead atoms. The maximum atomic E-state index is 12.6. The van der Waals surface area contributed by atoms with Crippen LogP contribution >= 0.6 is 0 Å². The van der Waals surface area contributed by atoms with Crippen LogP contribution in [0.5, 0.6) is 63.2 Å².